The van der Waals surface area contributed by atoms with Crippen LogP contribution in [0.25, 0.3) is 0 Å². The Morgan fingerprint density at radius 1 is 1.62 bits per heavy atom. The number of ketones is 1. The number of alkyl halides is 2. The Labute approximate surface area is 73.7 Å². The zero-order valence-electron chi connectivity index (χ0n) is 6.97. The molecule has 0 aliphatic rings. The van der Waals surface area contributed by atoms with E-state index in [0.717, 1.165) is 0 Å². The maximum Gasteiger partial charge on any atom is 0.381 e. The molecule has 0 saturated heterocycles. The smallest absolute Gasteiger partial charge is 0.381 e. The van der Waals surface area contributed by atoms with Gasteiger partial charge in [-0.2, -0.15) is 8.78 Å². The molecule has 0 spiro atoms. The zero-order chi connectivity index (χ0) is 10.5. The summed E-state index contributed by atoms with van der Waals surface area (Å²) in [5, 5.41) is 0. The lowest BCUT2D eigenvalue weighted by Gasteiger charge is -2.07. The van der Waals surface area contributed by atoms with E-state index < -0.39 is 17.7 Å². The number of esters is 1. The molecule has 0 aromatic carbocycles. The highest BCUT2D eigenvalue weighted by atomic mass is 19.3. The van der Waals surface area contributed by atoms with E-state index >= 15 is 0 Å². The van der Waals surface area contributed by atoms with Crippen LogP contribution in [0.15, 0.2) is 18.4 Å². The summed E-state index contributed by atoms with van der Waals surface area (Å²) >= 11 is 0. The molecule has 0 aliphatic carbocycles. The molecule has 0 rings (SSSR count). The molecule has 0 atom stereocenters. The number of rotatable bonds is 4. The number of allylic oxidation sites excluding steroid dienone is 1. The lowest BCUT2D eigenvalue weighted by Crippen LogP contribution is -2.34. The van der Waals surface area contributed by atoms with Gasteiger partial charge in [0.05, 0.1) is 6.61 Å². The summed E-state index contributed by atoms with van der Waals surface area (Å²) in [6.07, 6.45) is 0.117. The van der Waals surface area contributed by atoms with Crippen LogP contribution in [0.2, 0.25) is 0 Å². The highest BCUT2D eigenvalue weighted by molar-refractivity contribution is 6.36. The molecule has 0 radical (unpaired) electrons. The van der Waals surface area contributed by atoms with Gasteiger partial charge in [0.1, 0.15) is 0 Å². The van der Waals surface area contributed by atoms with Gasteiger partial charge in [0.25, 0.3) is 0 Å². The van der Waals surface area contributed by atoms with Crippen molar-refractivity contribution in [2.24, 2.45) is 0 Å². The van der Waals surface area contributed by atoms with Gasteiger partial charge in [-0.15, -0.1) is 5.73 Å². The van der Waals surface area contributed by atoms with Gasteiger partial charge in [-0.05, 0) is 6.92 Å². The summed E-state index contributed by atoms with van der Waals surface area (Å²) in [6.45, 7) is 4.15. The molecule has 0 aromatic heterocycles. The maximum absolute atomic E-state index is 12.6. The first kappa shape index (κ1) is 11.5. The Kier molecular flexibility index (Phi) is 4.01. The lowest BCUT2D eigenvalue weighted by molar-refractivity contribution is -0.162. The second kappa shape index (κ2) is 4.52. The van der Waals surface area contributed by atoms with E-state index in [2.05, 4.69) is 11.3 Å². The summed E-state index contributed by atoms with van der Waals surface area (Å²) in [5.74, 6) is -7.35. The quantitative estimate of drug-likeness (QED) is 0.378. The van der Waals surface area contributed by atoms with Crippen LogP contribution in [0.3, 0.4) is 0 Å². The molecule has 13 heavy (non-hydrogen) atoms. The number of ether oxygens (including phenoxy) is 1. The van der Waals surface area contributed by atoms with Crippen molar-refractivity contribution in [3.8, 4) is 0 Å². The molecule has 0 amide bonds. The first-order valence-corrected chi connectivity index (χ1v) is 3.42. The number of halogens is 2. The van der Waals surface area contributed by atoms with E-state index in [-0.39, 0.29) is 12.7 Å². The van der Waals surface area contributed by atoms with Gasteiger partial charge in [0.15, 0.2) is 0 Å². The van der Waals surface area contributed by atoms with Crippen LogP contribution in [0.1, 0.15) is 6.92 Å². The predicted octanol–water partition coefficient (Wildman–Crippen LogP) is 1.09. The molecule has 0 saturated carbocycles. The Morgan fingerprint density at radius 3 is 2.54 bits per heavy atom. The molecule has 0 bridgehead atoms. The van der Waals surface area contributed by atoms with Gasteiger partial charge in [0.2, 0.25) is 0 Å². The second-order valence-electron chi connectivity index (χ2n) is 2.02. The number of carbonyl (C=O) groups excluding carboxylic acids is 2. The fourth-order valence-electron chi connectivity index (χ4n) is 0.526. The van der Waals surface area contributed by atoms with Crippen molar-refractivity contribution in [3.63, 3.8) is 0 Å². The standard InChI is InChI=1S/C8H8F2O3/c1-3-5-8(9,10)6(11)7(12)13-4-2/h5H,1,4H2,2H3. The SMILES string of the molecule is C=C=CC(F)(F)C(=O)C(=O)OCC. The molecule has 0 unspecified atom stereocenters. The van der Waals surface area contributed by atoms with Crippen LogP contribution in [-0.4, -0.2) is 24.3 Å². The van der Waals surface area contributed by atoms with E-state index in [1.54, 1.807) is 5.73 Å². The number of carbonyl (C=O) groups is 2. The minimum Gasteiger partial charge on any atom is -0.460 e. The maximum atomic E-state index is 12.6. The lowest BCUT2D eigenvalue weighted by atomic mass is 10.2. The molecule has 0 heterocycles. The molecule has 0 fully saturated rings. The average Bonchev–Trinajstić information content (AvgIpc) is 2.03. The highest BCUT2D eigenvalue weighted by Crippen LogP contribution is 2.16. The molecule has 0 aliphatic heterocycles. The van der Waals surface area contributed by atoms with Crippen molar-refractivity contribution in [2.45, 2.75) is 12.8 Å². The topological polar surface area (TPSA) is 43.4 Å². The molecule has 5 heteroatoms. The van der Waals surface area contributed by atoms with Crippen molar-refractivity contribution in [1.82, 2.24) is 0 Å². The molecule has 72 valence electrons. The molecular weight excluding hydrogens is 182 g/mol. The summed E-state index contributed by atoms with van der Waals surface area (Å²) in [7, 11) is 0. The number of hydrogen-bond donors (Lipinski definition) is 0. The van der Waals surface area contributed by atoms with Crippen molar-refractivity contribution in [2.75, 3.05) is 6.61 Å². The Balaban J connectivity index is 4.58. The summed E-state index contributed by atoms with van der Waals surface area (Å²) in [6, 6.07) is 0. The summed E-state index contributed by atoms with van der Waals surface area (Å²) in [4.78, 5) is 21.2. The first-order valence-electron chi connectivity index (χ1n) is 3.42. The normalized spacial score (nSPS) is 10.1. The predicted molar refractivity (Wildman–Crippen MR) is 40.3 cm³/mol. The Morgan fingerprint density at radius 2 is 2.15 bits per heavy atom. The van der Waals surface area contributed by atoms with E-state index in [4.69, 9.17) is 0 Å². The largest absolute Gasteiger partial charge is 0.460 e. The Hall–Kier alpha value is -1.48. The van der Waals surface area contributed by atoms with Gasteiger partial charge in [-0.1, -0.05) is 6.58 Å². The van der Waals surface area contributed by atoms with Crippen molar-refractivity contribution >= 4 is 11.8 Å². The zero-order valence-corrected chi connectivity index (χ0v) is 6.97. The highest BCUT2D eigenvalue weighted by Gasteiger charge is 2.41. The minimum atomic E-state index is -3.88. The molecule has 0 N–H and O–H groups in total. The number of Topliss-reactive ketones (excluding diaryl/α,β-unsaturated/α-hetero) is 1. The first-order chi connectivity index (χ1) is 5.95. The minimum absolute atomic E-state index is 0.117. The van der Waals surface area contributed by atoms with Crippen LogP contribution in [0, 0.1) is 0 Å². The van der Waals surface area contributed by atoms with Gasteiger partial charge in [-0.3, -0.25) is 4.79 Å². The van der Waals surface area contributed by atoms with E-state index in [1.807, 2.05) is 0 Å². The van der Waals surface area contributed by atoms with E-state index in [9.17, 15) is 18.4 Å². The van der Waals surface area contributed by atoms with Gasteiger partial charge in [0, 0.05) is 6.08 Å². The fourth-order valence-corrected chi connectivity index (χ4v) is 0.526. The second-order valence-corrected chi connectivity index (χ2v) is 2.02. The third-order valence-electron chi connectivity index (χ3n) is 1.05. The fraction of sp³-hybridized carbons (Fsp3) is 0.375. The number of hydrogen-bond acceptors (Lipinski definition) is 3. The van der Waals surface area contributed by atoms with Crippen LogP contribution in [0.4, 0.5) is 8.78 Å². The Bertz CT molecular complexity index is 265. The van der Waals surface area contributed by atoms with E-state index in [1.165, 1.54) is 6.92 Å². The monoisotopic (exact) mass is 190 g/mol. The van der Waals surface area contributed by atoms with Crippen LogP contribution >= 0.6 is 0 Å². The van der Waals surface area contributed by atoms with Crippen molar-refractivity contribution < 1.29 is 23.1 Å². The van der Waals surface area contributed by atoms with E-state index in [0.29, 0.717) is 0 Å². The third-order valence-corrected chi connectivity index (χ3v) is 1.05. The van der Waals surface area contributed by atoms with Gasteiger partial charge >= 0.3 is 17.7 Å². The van der Waals surface area contributed by atoms with Crippen LogP contribution < -0.4 is 0 Å². The molecule has 3 nitrogen and oxygen atoms in total. The average molecular weight is 190 g/mol. The van der Waals surface area contributed by atoms with Crippen LogP contribution in [0.5, 0.6) is 0 Å². The molecular formula is C8H8F2O3. The summed E-state index contributed by atoms with van der Waals surface area (Å²) < 4.78 is 29.3. The van der Waals surface area contributed by atoms with Gasteiger partial charge < -0.3 is 4.74 Å². The van der Waals surface area contributed by atoms with Crippen molar-refractivity contribution in [1.29, 1.82) is 0 Å². The molecule has 0 aromatic rings. The van der Waals surface area contributed by atoms with Crippen molar-refractivity contribution in [3.05, 3.63) is 18.4 Å². The van der Waals surface area contributed by atoms with Crippen LogP contribution in [-0.2, 0) is 14.3 Å². The summed E-state index contributed by atoms with van der Waals surface area (Å²) in [5.41, 5.74) is 1.73. The third kappa shape index (κ3) is 3.17. The van der Waals surface area contributed by atoms with Gasteiger partial charge in [-0.25, -0.2) is 4.79 Å².